The van der Waals surface area contributed by atoms with E-state index < -0.39 is 0 Å². The van der Waals surface area contributed by atoms with E-state index in [1.807, 2.05) is 4.90 Å². The highest BCUT2D eigenvalue weighted by atomic mass is 16.5. The maximum Gasteiger partial charge on any atom is 0.409 e. The molecule has 0 spiro atoms. The molecular weight excluding hydrogens is 156 g/mol. The van der Waals surface area contributed by atoms with Crippen LogP contribution in [0.5, 0.6) is 0 Å². The van der Waals surface area contributed by atoms with Crippen LogP contribution in [0.4, 0.5) is 4.79 Å². The van der Waals surface area contributed by atoms with Crippen molar-refractivity contribution in [2.24, 2.45) is 5.92 Å². The van der Waals surface area contributed by atoms with Crippen LogP contribution in [0.25, 0.3) is 0 Å². The quantitative estimate of drug-likeness (QED) is 0.558. The van der Waals surface area contributed by atoms with E-state index in [9.17, 15) is 4.79 Å². The second kappa shape index (κ2) is 2.94. The number of likely N-dealkylation sites (tertiary alicyclic amines) is 1. The van der Waals surface area contributed by atoms with Gasteiger partial charge in [-0.2, -0.15) is 0 Å². The largest absolute Gasteiger partial charge is 0.453 e. The fraction of sp³-hybridized carbons (Fsp3) is 0.875. The molecule has 0 aliphatic carbocycles. The van der Waals surface area contributed by atoms with E-state index in [0.29, 0.717) is 12.0 Å². The first-order valence-electron chi connectivity index (χ1n) is 4.36. The average molecular weight is 170 g/mol. The number of ether oxygens (including phenoxy) is 1. The zero-order chi connectivity index (χ0) is 8.55. The minimum absolute atomic E-state index is 0.175. The maximum absolute atomic E-state index is 11.2. The number of hydrogen-bond donors (Lipinski definition) is 1. The normalized spacial score (nSPS) is 33.6. The summed E-state index contributed by atoms with van der Waals surface area (Å²) in [6, 6.07) is 0.371. The van der Waals surface area contributed by atoms with Crippen LogP contribution >= 0.6 is 0 Å². The highest BCUT2D eigenvalue weighted by Crippen LogP contribution is 2.25. The van der Waals surface area contributed by atoms with Gasteiger partial charge in [0, 0.05) is 19.1 Å². The van der Waals surface area contributed by atoms with Gasteiger partial charge in [-0.05, 0) is 18.9 Å². The van der Waals surface area contributed by atoms with Crippen molar-refractivity contribution in [1.82, 2.24) is 10.2 Å². The number of fused-ring (bicyclic) bond motifs is 2. The minimum Gasteiger partial charge on any atom is -0.453 e. The van der Waals surface area contributed by atoms with E-state index in [2.05, 4.69) is 5.32 Å². The minimum atomic E-state index is -0.175. The summed E-state index contributed by atoms with van der Waals surface area (Å²) in [7, 11) is 1.44. The third kappa shape index (κ3) is 1.16. The first-order chi connectivity index (χ1) is 5.81. The predicted octanol–water partition coefficient (Wildman–Crippen LogP) is 0.0465. The molecular formula is C8H14N2O2. The Morgan fingerprint density at radius 2 is 2.42 bits per heavy atom. The molecule has 2 aliphatic rings. The van der Waals surface area contributed by atoms with Gasteiger partial charge in [-0.1, -0.05) is 0 Å². The highest BCUT2D eigenvalue weighted by molar-refractivity contribution is 5.68. The van der Waals surface area contributed by atoms with Gasteiger partial charge in [0.05, 0.1) is 7.11 Å². The molecule has 2 heterocycles. The van der Waals surface area contributed by atoms with Crippen LogP contribution in [0.2, 0.25) is 0 Å². The first kappa shape index (κ1) is 7.86. The van der Waals surface area contributed by atoms with Crippen molar-refractivity contribution < 1.29 is 9.53 Å². The summed E-state index contributed by atoms with van der Waals surface area (Å²) in [5, 5.41) is 3.31. The van der Waals surface area contributed by atoms with Crippen molar-refractivity contribution in [2.45, 2.75) is 12.5 Å². The second-order valence-corrected chi connectivity index (χ2v) is 3.54. The van der Waals surface area contributed by atoms with E-state index >= 15 is 0 Å². The molecule has 4 heteroatoms. The number of carbonyl (C=O) groups excluding carboxylic acids is 1. The van der Waals surface area contributed by atoms with E-state index in [1.165, 1.54) is 7.11 Å². The van der Waals surface area contributed by atoms with Crippen LogP contribution in [0.3, 0.4) is 0 Å². The van der Waals surface area contributed by atoms with Gasteiger partial charge in [0.1, 0.15) is 0 Å². The SMILES string of the molecule is COC(=O)N1C[C@H]2CNCC1C2. The third-order valence-electron chi connectivity index (χ3n) is 2.72. The number of amides is 1. The molecule has 12 heavy (non-hydrogen) atoms. The summed E-state index contributed by atoms with van der Waals surface area (Å²) in [4.78, 5) is 13.1. The molecule has 0 saturated carbocycles. The summed E-state index contributed by atoms with van der Waals surface area (Å²) in [5.74, 6) is 0.642. The van der Waals surface area contributed by atoms with Crippen molar-refractivity contribution in [2.75, 3.05) is 26.7 Å². The molecule has 2 aliphatic heterocycles. The molecule has 4 nitrogen and oxygen atoms in total. The topological polar surface area (TPSA) is 41.6 Å². The molecule has 2 atom stereocenters. The third-order valence-corrected chi connectivity index (χ3v) is 2.72. The zero-order valence-corrected chi connectivity index (χ0v) is 7.25. The molecule has 0 radical (unpaired) electrons. The Labute approximate surface area is 71.9 Å². The van der Waals surface area contributed by atoms with Crippen molar-refractivity contribution in [3.8, 4) is 0 Å². The lowest BCUT2D eigenvalue weighted by Gasteiger charge is -2.23. The van der Waals surface area contributed by atoms with Crippen LogP contribution in [-0.4, -0.2) is 43.8 Å². The molecule has 2 fully saturated rings. The van der Waals surface area contributed by atoms with Gasteiger partial charge in [0.2, 0.25) is 0 Å². The van der Waals surface area contributed by atoms with Gasteiger partial charge in [-0.25, -0.2) is 4.79 Å². The smallest absolute Gasteiger partial charge is 0.409 e. The average Bonchev–Trinajstić information content (AvgIpc) is 2.40. The Bertz CT molecular complexity index is 195. The predicted molar refractivity (Wildman–Crippen MR) is 43.9 cm³/mol. The molecule has 2 saturated heterocycles. The van der Waals surface area contributed by atoms with Crippen molar-refractivity contribution in [1.29, 1.82) is 0 Å². The number of methoxy groups -OCH3 is 1. The van der Waals surface area contributed by atoms with Gasteiger partial charge < -0.3 is 15.0 Å². The molecule has 2 rings (SSSR count). The number of nitrogens with zero attached hydrogens (tertiary/aromatic N) is 1. The lowest BCUT2D eigenvalue weighted by atomic mass is 10.0. The lowest BCUT2D eigenvalue weighted by molar-refractivity contribution is 0.120. The van der Waals surface area contributed by atoms with E-state index in [0.717, 1.165) is 26.1 Å². The molecule has 1 amide bonds. The van der Waals surface area contributed by atoms with Gasteiger partial charge >= 0.3 is 6.09 Å². The van der Waals surface area contributed by atoms with Crippen LogP contribution in [0.15, 0.2) is 0 Å². The summed E-state index contributed by atoms with van der Waals surface area (Å²) < 4.78 is 4.70. The fourth-order valence-electron chi connectivity index (χ4n) is 2.15. The molecule has 68 valence electrons. The summed E-state index contributed by atoms with van der Waals surface area (Å²) >= 11 is 0. The molecule has 2 bridgehead atoms. The summed E-state index contributed by atoms with van der Waals surface area (Å²) in [5.41, 5.74) is 0. The highest BCUT2D eigenvalue weighted by Gasteiger charge is 2.38. The Kier molecular flexibility index (Phi) is 1.92. The van der Waals surface area contributed by atoms with E-state index in [-0.39, 0.29) is 6.09 Å². The van der Waals surface area contributed by atoms with E-state index in [1.54, 1.807) is 0 Å². The summed E-state index contributed by atoms with van der Waals surface area (Å²) in [6.07, 6.45) is 0.966. The molecule has 1 N–H and O–H groups in total. The summed E-state index contributed by atoms with van der Waals surface area (Å²) in [6.45, 7) is 2.83. The number of carbonyl (C=O) groups is 1. The molecule has 0 aromatic heterocycles. The Morgan fingerprint density at radius 3 is 3.08 bits per heavy atom. The second-order valence-electron chi connectivity index (χ2n) is 3.54. The molecule has 0 aromatic rings. The van der Waals surface area contributed by atoms with E-state index in [4.69, 9.17) is 4.74 Å². The number of nitrogens with one attached hydrogen (secondary N) is 1. The van der Waals surface area contributed by atoms with Crippen molar-refractivity contribution in [3.63, 3.8) is 0 Å². The van der Waals surface area contributed by atoms with Gasteiger partial charge in [0.25, 0.3) is 0 Å². The van der Waals surface area contributed by atoms with Crippen LogP contribution in [0.1, 0.15) is 6.42 Å². The Hall–Kier alpha value is -0.770. The van der Waals surface area contributed by atoms with Crippen LogP contribution < -0.4 is 5.32 Å². The maximum atomic E-state index is 11.2. The monoisotopic (exact) mass is 170 g/mol. The van der Waals surface area contributed by atoms with Gasteiger partial charge in [0.15, 0.2) is 0 Å². The fourth-order valence-corrected chi connectivity index (χ4v) is 2.15. The lowest BCUT2D eigenvalue weighted by Crippen LogP contribution is -2.41. The number of hydrogen-bond acceptors (Lipinski definition) is 3. The number of rotatable bonds is 0. The van der Waals surface area contributed by atoms with Gasteiger partial charge in [-0.3, -0.25) is 0 Å². The molecule has 0 aromatic carbocycles. The molecule has 1 unspecified atom stereocenters. The number of piperidine rings is 1. The van der Waals surface area contributed by atoms with Gasteiger partial charge in [-0.15, -0.1) is 0 Å². The van der Waals surface area contributed by atoms with Crippen molar-refractivity contribution >= 4 is 6.09 Å². The van der Waals surface area contributed by atoms with Crippen LogP contribution in [0, 0.1) is 5.92 Å². The standard InChI is InChI=1S/C8H14N2O2/c1-12-8(11)10-5-6-2-7(10)4-9-3-6/h6-7,9H,2-5H2,1H3/t6-,7?/m1/s1. The van der Waals surface area contributed by atoms with Crippen molar-refractivity contribution in [3.05, 3.63) is 0 Å². The Balaban J connectivity index is 2.04. The first-order valence-corrected chi connectivity index (χ1v) is 4.36. The Morgan fingerprint density at radius 1 is 1.58 bits per heavy atom. The van der Waals surface area contributed by atoms with Crippen LogP contribution in [-0.2, 0) is 4.74 Å². The zero-order valence-electron chi connectivity index (χ0n) is 7.25.